The maximum atomic E-state index is 13.3. The molecule has 184 valence electrons. The minimum atomic E-state index is -0.627. The van der Waals surface area contributed by atoms with Crippen molar-refractivity contribution in [3.05, 3.63) is 96.4 Å². The van der Waals surface area contributed by atoms with E-state index < -0.39 is 17.0 Å². The number of rotatable bonds is 7. The summed E-state index contributed by atoms with van der Waals surface area (Å²) in [4.78, 5) is 53.6. The normalized spacial score (nSPS) is 11.0. The van der Waals surface area contributed by atoms with Gasteiger partial charge in [0.05, 0.1) is 18.5 Å². The Hall–Kier alpha value is -2.67. The molecule has 1 N–H and O–H groups in total. The van der Waals surface area contributed by atoms with Gasteiger partial charge in [-0.25, -0.2) is 9.59 Å². The zero-order valence-corrected chi connectivity index (χ0v) is 20.4. The van der Waals surface area contributed by atoms with Gasteiger partial charge in [0.15, 0.2) is 5.82 Å². The molecule has 0 radical (unpaired) electrons. The summed E-state index contributed by atoms with van der Waals surface area (Å²) in [5.74, 6) is -0.550. The van der Waals surface area contributed by atoms with E-state index in [1.54, 1.807) is 4.57 Å². The van der Waals surface area contributed by atoms with Crippen molar-refractivity contribution in [2.24, 2.45) is 0 Å². The van der Waals surface area contributed by atoms with Gasteiger partial charge in [-0.05, 0) is 36.1 Å². The molecule has 0 unspecified atom stereocenters. The van der Waals surface area contributed by atoms with Crippen LogP contribution in [-0.2, 0) is 24.3 Å². The second-order valence-corrected chi connectivity index (χ2v) is 9.55. The summed E-state index contributed by atoms with van der Waals surface area (Å²) in [6, 6.07) is 17.0. The van der Waals surface area contributed by atoms with Crippen molar-refractivity contribution in [1.82, 2.24) is 19.3 Å². The second kappa shape index (κ2) is 11.4. The molecule has 0 bridgehead atoms. The number of Topliss-reactive ketones (excluding diaryl/α,β-unsaturated/α-hetero) is 1. The van der Waals surface area contributed by atoms with Crippen molar-refractivity contribution in [2.45, 2.75) is 33.4 Å². The van der Waals surface area contributed by atoms with Crippen LogP contribution in [0, 0.1) is 0 Å². The molecule has 0 aliphatic rings. The molecule has 0 amide bonds. The number of nitrogens with one attached hydrogen (secondary N) is 1. The van der Waals surface area contributed by atoms with Crippen LogP contribution in [0.1, 0.15) is 24.3 Å². The Balaban J connectivity index is 0.00000320. The molecule has 3 heterocycles. The molecule has 5 aromatic rings. The van der Waals surface area contributed by atoms with E-state index >= 15 is 0 Å². The number of hydrogen-bond acceptors (Lipinski definition) is 7. The monoisotopic (exact) mass is 542 g/mol. The zero-order chi connectivity index (χ0) is 25.4. The van der Waals surface area contributed by atoms with Crippen LogP contribution in [0.25, 0.3) is 32.7 Å². The van der Waals surface area contributed by atoms with Gasteiger partial charge in [0, 0.05) is 10.4 Å². The number of carbonyl (C=O) groups is 1. The SMILES string of the molecule is CCc1cc2c(=O)n(CC(C)=O)c(=O)n(Cc3ccc(-c4ccccc4-c4noc(=O)[nH]4)cc3)c2s1.[KH]. The Morgan fingerprint density at radius 1 is 1.03 bits per heavy atom. The fraction of sp³-hybridized carbons (Fsp3) is 0.192. The van der Waals surface area contributed by atoms with Crippen LogP contribution in [-0.4, -0.2) is 76.4 Å². The number of carbonyl (C=O) groups excluding carboxylic acids is 1. The molecule has 0 saturated heterocycles. The quantitative estimate of drug-likeness (QED) is 0.316. The van der Waals surface area contributed by atoms with E-state index in [9.17, 15) is 19.2 Å². The number of thiophene rings is 1. The first-order valence-electron chi connectivity index (χ1n) is 11.4. The van der Waals surface area contributed by atoms with Crippen molar-refractivity contribution in [3.8, 4) is 22.5 Å². The van der Waals surface area contributed by atoms with E-state index in [1.165, 1.54) is 18.3 Å². The fourth-order valence-electron chi connectivity index (χ4n) is 4.19. The van der Waals surface area contributed by atoms with E-state index in [2.05, 4.69) is 14.7 Å². The zero-order valence-electron chi connectivity index (χ0n) is 19.6. The van der Waals surface area contributed by atoms with Gasteiger partial charge in [-0.3, -0.25) is 28.2 Å². The number of benzene rings is 2. The average Bonchev–Trinajstić information content (AvgIpc) is 3.51. The number of aromatic nitrogens is 4. The summed E-state index contributed by atoms with van der Waals surface area (Å²) >= 11 is 1.42. The number of aryl methyl sites for hydroxylation is 1. The topological polar surface area (TPSA) is 120 Å². The molecule has 37 heavy (non-hydrogen) atoms. The molecular formula is C26H23KN4O5S. The van der Waals surface area contributed by atoms with Crippen LogP contribution in [0.2, 0.25) is 0 Å². The molecular weight excluding hydrogens is 519 g/mol. The molecule has 0 spiro atoms. The second-order valence-electron chi connectivity index (χ2n) is 8.43. The maximum absolute atomic E-state index is 13.3. The van der Waals surface area contributed by atoms with E-state index in [0.29, 0.717) is 16.0 Å². The summed E-state index contributed by atoms with van der Waals surface area (Å²) in [6.45, 7) is 3.34. The third kappa shape index (κ3) is 5.47. The average molecular weight is 543 g/mol. The van der Waals surface area contributed by atoms with E-state index in [1.807, 2.05) is 61.5 Å². The van der Waals surface area contributed by atoms with Crippen molar-refractivity contribution < 1.29 is 9.32 Å². The summed E-state index contributed by atoms with van der Waals surface area (Å²) in [6.07, 6.45) is 0.741. The predicted octanol–water partition coefficient (Wildman–Crippen LogP) is 2.79. The summed E-state index contributed by atoms with van der Waals surface area (Å²) < 4.78 is 7.23. The Bertz CT molecular complexity index is 1780. The van der Waals surface area contributed by atoms with Crippen molar-refractivity contribution >= 4 is 78.7 Å². The summed E-state index contributed by atoms with van der Waals surface area (Å²) in [7, 11) is 0. The van der Waals surface area contributed by atoms with Crippen LogP contribution in [0.4, 0.5) is 0 Å². The van der Waals surface area contributed by atoms with E-state index in [4.69, 9.17) is 0 Å². The third-order valence-corrected chi connectivity index (χ3v) is 7.21. The molecule has 0 fully saturated rings. The van der Waals surface area contributed by atoms with Gasteiger partial charge in [0.25, 0.3) is 5.56 Å². The summed E-state index contributed by atoms with van der Waals surface area (Å²) in [5, 5.41) is 4.25. The van der Waals surface area contributed by atoms with Crippen LogP contribution in [0.3, 0.4) is 0 Å². The molecule has 9 nitrogen and oxygen atoms in total. The molecule has 0 aliphatic heterocycles. The third-order valence-electron chi connectivity index (χ3n) is 5.90. The number of hydrogen-bond donors (Lipinski definition) is 1. The number of aromatic amines is 1. The fourth-order valence-corrected chi connectivity index (χ4v) is 5.26. The molecule has 3 aromatic heterocycles. The van der Waals surface area contributed by atoms with Gasteiger partial charge in [0.2, 0.25) is 0 Å². The van der Waals surface area contributed by atoms with E-state index in [-0.39, 0.29) is 70.3 Å². The van der Waals surface area contributed by atoms with Crippen LogP contribution in [0.5, 0.6) is 0 Å². The first kappa shape index (κ1) is 27.4. The van der Waals surface area contributed by atoms with Gasteiger partial charge in [-0.15, -0.1) is 11.3 Å². The van der Waals surface area contributed by atoms with Crippen LogP contribution >= 0.6 is 11.3 Å². The molecule has 11 heteroatoms. The Kier molecular flexibility index (Phi) is 8.41. The van der Waals surface area contributed by atoms with Crippen LogP contribution < -0.4 is 17.0 Å². The Labute approximate surface area is 257 Å². The number of H-pyrrole nitrogens is 1. The number of ketones is 1. The number of nitrogens with zero attached hydrogens (tertiary/aromatic N) is 3. The van der Waals surface area contributed by atoms with Gasteiger partial charge < -0.3 is 0 Å². The molecule has 0 saturated carbocycles. The van der Waals surface area contributed by atoms with Crippen molar-refractivity contribution in [2.75, 3.05) is 0 Å². The first-order chi connectivity index (χ1) is 17.4. The van der Waals surface area contributed by atoms with E-state index in [0.717, 1.165) is 38.1 Å². The van der Waals surface area contributed by atoms with Gasteiger partial charge >= 0.3 is 62.8 Å². The minimum absolute atomic E-state index is 0. The van der Waals surface area contributed by atoms with Crippen molar-refractivity contribution in [1.29, 1.82) is 0 Å². The van der Waals surface area contributed by atoms with Crippen molar-refractivity contribution in [3.63, 3.8) is 0 Å². The standard InChI is InChI=1S/C26H22N4O5S.K.H/c1-3-18-12-21-23(32)29(13-15(2)31)26(34)30(24(21)36-18)14-16-8-10-17(11-9-16)19-6-4-5-7-20(19)22-27-25(33)35-28-22;;/h4-12H,3,13-14H2,1-2H3,(H,27,28,33);;. The Morgan fingerprint density at radius 3 is 2.35 bits per heavy atom. The predicted molar refractivity (Wildman–Crippen MR) is 145 cm³/mol. The van der Waals surface area contributed by atoms with Gasteiger partial charge in [-0.1, -0.05) is 60.6 Å². The first-order valence-corrected chi connectivity index (χ1v) is 12.2. The molecule has 2 aromatic carbocycles. The van der Waals surface area contributed by atoms with Gasteiger partial charge in [-0.2, -0.15) is 0 Å². The molecule has 0 aliphatic carbocycles. The van der Waals surface area contributed by atoms with Gasteiger partial charge in [0.1, 0.15) is 10.6 Å². The molecule has 5 rings (SSSR count). The van der Waals surface area contributed by atoms with Crippen LogP contribution in [0.15, 0.2) is 73.5 Å². The molecule has 0 atom stereocenters. The Morgan fingerprint density at radius 2 is 1.73 bits per heavy atom. The summed E-state index contributed by atoms with van der Waals surface area (Å²) in [5.41, 5.74) is 2.38. The number of fused-ring (bicyclic) bond motifs is 1.